The first-order valence-corrected chi connectivity index (χ1v) is 3.01. The van der Waals surface area contributed by atoms with Gasteiger partial charge in [0, 0.05) is 19.3 Å². The zero-order valence-corrected chi connectivity index (χ0v) is 6.05. The first-order chi connectivity index (χ1) is 4.12. The Morgan fingerprint density at radius 2 is 2.22 bits per heavy atom. The van der Waals surface area contributed by atoms with Gasteiger partial charge >= 0.3 is 0 Å². The third-order valence-electron chi connectivity index (χ3n) is 1.16. The maximum absolute atomic E-state index is 8.49. The predicted molar refractivity (Wildman–Crippen MR) is 36.2 cm³/mol. The van der Waals surface area contributed by atoms with Gasteiger partial charge in [-0.05, 0) is 13.3 Å². The average Bonchev–Trinajstić information content (AvgIpc) is 1.64. The molecule has 3 nitrogen and oxygen atoms in total. The van der Waals surface area contributed by atoms with E-state index in [2.05, 4.69) is 0 Å². The number of aliphatic hydroxyl groups excluding tert-OH is 1. The van der Waals surface area contributed by atoms with Crippen LogP contribution in [-0.4, -0.2) is 31.0 Å². The van der Waals surface area contributed by atoms with Crippen LogP contribution in [0.25, 0.3) is 0 Å². The Labute approximate surface area is 55.8 Å². The van der Waals surface area contributed by atoms with Crippen LogP contribution >= 0.6 is 0 Å². The number of rotatable bonds is 4. The molecule has 1 atom stereocenters. The average molecular weight is 133 g/mol. The summed E-state index contributed by atoms with van der Waals surface area (Å²) in [6.07, 6.45) is 0.584. The van der Waals surface area contributed by atoms with Gasteiger partial charge in [-0.15, -0.1) is 0 Å². The van der Waals surface area contributed by atoms with Crippen molar-refractivity contribution in [2.24, 2.45) is 5.73 Å². The Balaban J connectivity index is 3.43. The molecule has 0 fully saturated rings. The molecule has 0 saturated carbocycles. The number of nitrogens with two attached hydrogens (primary N) is 1. The van der Waals surface area contributed by atoms with Crippen molar-refractivity contribution in [2.75, 3.05) is 20.3 Å². The Morgan fingerprint density at radius 3 is 2.56 bits per heavy atom. The SMILES string of the molecule is COC[C@](C)(N)CCO. The van der Waals surface area contributed by atoms with Crippen molar-refractivity contribution in [3.8, 4) is 0 Å². The molecule has 3 heteroatoms. The highest BCUT2D eigenvalue weighted by Crippen LogP contribution is 2.03. The molecule has 0 bridgehead atoms. The third-order valence-corrected chi connectivity index (χ3v) is 1.16. The highest BCUT2D eigenvalue weighted by molar-refractivity contribution is 4.76. The molecule has 0 aliphatic rings. The number of hydrogen-bond donors (Lipinski definition) is 2. The lowest BCUT2D eigenvalue weighted by molar-refractivity contribution is 0.121. The lowest BCUT2D eigenvalue weighted by atomic mass is 10.0. The van der Waals surface area contributed by atoms with E-state index in [0.717, 1.165) is 0 Å². The van der Waals surface area contributed by atoms with Crippen molar-refractivity contribution in [1.29, 1.82) is 0 Å². The highest BCUT2D eigenvalue weighted by Gasteiger charge is 2.16. The fraction of sp³-hybridized carbons (Fsp3) is 1.00. The monoisotopic (exact) mass is 133 g/mol. The molecule has 0 aliphatic heterocycles. The molecule has 56 valence electrons. The van der Waals surface area contributed by atoms with E-state index < -0.39 is 0 Å². The van der Waals surface area contributed by atoms with E-state index in [1.165, 1.54) is 0 Å². The third kappa shape index (κ3) is 4.39. The number of hydrogen-bond acceptors (Lipinski definition) is 3. The van der Waals surface area contributed by atoms with Crippen molar-refractivity contribution >= 4 is 0 Å². The van der Waals surface area contributed by atoms with Crippen LogP contribution in [0.1, 0.15) is 13.3 Å². The normalized spacial score (nSPS) is 17.3. The van der Waals surface area contributed by atoms with E-state index in [1.54, 1.807) is 7.11 Å². The molecule has 0 aromatic heterocycles. The van der Waals surface area contributed by atoms with E-state index >= 15 is 0 Å². The zero-order chi connectivity index (χ0) is 7.33. The van der Waals surface area contributed by atoms with Crippen LogP contribution in [0.2, 0.25) is 0 Å². The summed E-state index contributed by atoms with van der Waals surface area (Å²) in [6, 6.07) is 0. The molecule has 0 saturated heterocycles. The number of ether oxygens (including phenoxy) is 1. The van der Waals surface area contributed by atoms with Gasteiger partial charge in [0.1, 0.15) is 0 Å². The van der Waals surface area contributed by atoms with Crippen LogP contribution in [0, 0.1) is 0 Å². The van der Waals surface area contributed by atoms with Crippen LogP contribution in [0.5, 0.6) is 0 Å². The van der Waals surface area contributed by atoms with Crippen LogP contribution in [-0.2, 0) is 4.74 Å². The van der Waals surface area contributed by atoms with Gasteiger partial charge in [-0.3, -0.25) is 0 Å². The largest absolute Gasteiger partial charge is 0.396 e. The smallest absolute Gasteiger partial charge is 0.0640 e. The number of aliphatic hydroxyl groups is 1. The molecule has 0 heterocycles. The first kappa shape index (κ1) is 8.88. The Kier molecular flexibility index (Phi) is 3.77. The summed E-state index contributed by atoms with van der Waals surface area (Å²) in [6.45, 7) is 2.47. The molecule has 0 radical (unpaired) electrons. The highest BCUT2D eigenvalue weighted by atomic mass is 16.5. The van der Waals surface area contributed by atoms with Crippen LogP contribution in [0.15, 0.2) is 0 Å². The van der Waals surface area contributed by atoms with Gasteiger partial charge in [0.2, 0.25) is 0 Å². The second-order valence-electron chi connectivity index (χ2n) is 2.56. The summed E-state index contributed by atoms with van der Waals surface area (Å²) in [4.78, 5) is 0. The topological polar surface area (TPSA) is 55.5 Å². The van der Waals surface area contributed by atoms with E-state index in [-0.39, 0.29) is 12.1 Å². The molecule has 0 spiro atoms. The molecular weight excluding hydrogens is 118 g/mol. The maximum atomic E-state index is 8.49. The second-order valence-corrected chi connectivity index (χ2v) is 2.56. The van der Waals surface area contributed by atoms with Gasteiger partial charge in [0.05, 0.1) is 6.61 Å². The maximum Gasteiger partial charge on any atom is 0.0640 e. The fourth-order valence-corrected chi connectivity index (χ4v) is 0.657. The summed E-state index contributed by atoms with van der Waals surface area (Å²) < 4.78 is 4.82. The Morgan fingerprint density at radius 1 is 1.67 bits per heavy atom. The van der Waals surface area contributed by atoms with Crippen LogP contribution < -0.4 is 5.73 Å². The quantitative estimate of drug-likeness (QED) is 0.555. The standard InChI is InChI=1S/C6H15NO2/c1-6(7,3-4-8)5-9-2/h8H,3-5,7H2,1-2H3/t6-/m1/s1. The van der Waals surface area contributed by atoms with E-state index in [4.69, 9.17) is 15.6 Å². The van der Waals surface area contributed by atoms with E-state index in [1.807, 2.05) is 6.92 Å². The van der Waals surface area contributed by atoms with Crippen molar-refractivity contribution in [3.63, 3.8) is 0 Å². The summed E-state index contributed by atoms with van der Waals surface area (Å²) in [5.74, 6) is 0. The predicted octanol–water partition coefficient (Wildman–Crippen LogP) is -0.267. The second kappa shape index (κ2) is 3.82. The van der Waals surface area contributed by atoms with Gasteiger partial charge in [-0.1, -0.05) is 0 Å². The Bertz CT molecular complexity index is 65.5. The molecule has 3 N–H and O–H groups in total. The summed E-state index contributed by atoms with van der Waals surface area (Å²) >= 11 is 0. The van der Waals surface area contributed by atoms with Crippen LogP contribution in [0.3, 0.4) is 0 Å². The Hall–Kier alpha value is -0.120. The van der Waals surface area contributed by atoms with Gasteiger partial charge in [0.25, 0.3) is 0 Å². The minimum Gasteiger partial charge on any atom is -0.396 e. The minimum atomic E-state index is -0.372. The van der Waals surface area contributed by atoms with Gasteiger partial charge in [-0.25, -0.2) is 0 Å². The fourth-order valence-electron chi connectivity index (χ4n) is 0.657. The van der Waals surface area contributed by atoms with Crippen molar-refractivity contribution in [1.82, 2.24) is 0 Å². The van der Waals surface area contributed by atoms with E-state index in [0.29, 0.717) is 13.0 Å². The van der Waals surface area contributed by atoms with Crippen molar-refractivity contribution in [2.45, 2.75) is 18.9 Å². The summed E-state index contributed by atoms with van der Waals surface area (Å²) in [5.41, 5.74) is 5.28. The summed E-state index contributed by atoms with van der Waals surface area (Å²) in [5, 5.41) is 8.49. The lowest BCUT2D eigenvalue weighted by Crippen LogP contribution is -2.41. The zero-order valence-electron chi connectivity index (χ0n) is 6.05. The van der Waals surface area contributed by atoms with Crippen molar-refractivity contribution in [3.05, 3.63) is 0 Å². The van der Waals surface area contributed by atoms with Crippen molar-refractivity contribution < 1.29 is 9.84 Å². The summed E-state index contributed by atoms with van der Waals surface area (Å²) in [7, 11) is 1.60. The van der Waals surface area contributed by atoms with Gasteiger partial charge < -0.3 is 15.6 Å². The minimum absolute atomic E-state index is 0.121. The van der Waals surface area contributed by atoms with Crippen LogP contribution in [0.4, 0.5) is 0 Å². The molecule has 0 rings (SSSR count). The van der Waals surface area contributed by atoms with E-state index in [9.17, 15) is 0 Å². The lowest BCUT2D eigenvalue weighted by Gasteiger charge is -2.21. The molecule has 0 unspecified atom stereocenters. The molecule has 0 aliphatic carbocycles. The first-order valence-electron chi connectivity index (χ1n) is 3.01. The molecule has 0 aromatic carbocycles. The molecular formula is C6H15NO2. The molecule has 0 aromatic rings. The van der Waals surface area contributed by atoms with Gasteiger partial charge in [-0.2, -0.15) is 0 Å². The number of methoxy groups -OCH3 is 1. The molecule has 9 heavy (non-hydrogen) atoms. The van der Waals surface area contributed by atoms with Gasteiger partial charge in [0.15, 0.2) is 0 Å². The molecule has 0 amide bonds.